The molecule has 4 rings (SSSR count). The van der Waals surface area contributed by atoms with Crippen LogP contribution in [0.3, 0.4) is 0 Å². The number of nitrogens with zero attached hydrogens (tertiary/aromatic N) is 5. The van der Waals surface area contributed by atoms with E-state index in [1.165, 1.54) is 10.6 Å². The molecule has 204 valence electrons. The summed E-state index contributed by atoms with van der Waals surface area (Å²) in [4.78, 5) is 26.2. The van der Waals surface area contributed by atoms with Crippen molar-refractivity contribution in [2.24, 2.45) is 0 Å². The monoisotopic (exact) mass is 530 g/mol. The number of hydrogen-bond acceptors (Lipinski definition) is 7. The van der Waals surface area contributed by atoms with E-state index < -0.39 is 17.3 Å². The SMILES string of the molecule is CCOc1ccnc(N2CCC(Nc3c(C)nc(-c4ccc(N(C)C)cc4C(F)(F)F)n(CC)c3=O)C2)c1. The van der Waals surface area contributed by atoms with Crippen LogP contribution in [0.15, 0.2) is 41.3 Å². The molecule has 0 bridgehead atoms. The predicted octanol–water partition coefficient (Wildman–Crippen LogP) is 4.81. The molecular formula is C27H33F3N6O2. The largest absolute Gasteiger partial charge is 0.494 e. The first-order valence-corrected chi connectivity index (χ1v) is 12.6. The van der Waals surface area contributed by atoms with E-state index in [0.29, 0.717) is 30.2 Å². The van der Waals surface area contributed by atoms with Gasteiger partial charge in [-0.15, -0.1) is 0 Å². The van der Waals surface area contributed by atoms with Crippen molar-refractivity contribution < 1.29 is 17.9 Å². The maximum atomic E-state index is 14.0. The molecule has 11 heteroatoms. The van der Waals surface area contributed by atoms with Crippen molar-refractivity contribution in [3.63, 3.8) is 0 Å². The molecule has 1 aromatic carbocycles. The fourth-order valence-electron chi connectivity index (χ4n) is 4.69. The highest BCUT2D eigenvalue weighted by molar-refractivity contribution is 5.68. The van der Waals surface area contributed by atoms with Crippen LogP contribution in [0.4, 0.5) is 30.4 Å². The lowest BCUT2D eigenvalue weighted by atomic mass is 10.0. The van der Waals surface area contributed by atoms with Gasteiger partial charge in [0.15, 0.2) is 0 Å². The average molecular weight is 531 g/mol. The molecule has 0 spiro atoms. The zero-order chi connectivity index (χ0) is 27.6. The number of hydrogen-bond donors (Lipinski definition) is 1. The third-order valence-corrected chi connectivity index (χ3v) is 6.62. The Balaban J connectivity index is 1.65. The number of benzene rings is 1. The van der Waals surface area contributed by atoms with Gasteiger partial charge in [0.1, 0.15) is 23.1 Å². The maximum Gasteiger partial charge on any atom is 0.417 e. The van der Waals surface area contributed by atoms with Crippen molar-refractivity contribution in [3.05, 3.63) is 58.1 Å². The quantitative estimate of drug-likeness (QED) is 0.448. The smallest absolute Gasteiger partial charge is 0.417 e. The fourth-order valence-corrected chi connectivity index (χ4v) is 4.69. The highest BCUT2D eigenvalue weighted by Crippen LogP contribution is 2.38. The first-order chi connectivity index (χ1) is 18.0. The van der Waals surface area contributed by atoms with Gasteiger partial charge in [0.2, 0.25) is 0 Å². The number of halogens is 3. The van der Waals surface area contributed by atoms with Crippen molar-refractivity contribution in [2.45, 2.75) is 46.0 Å². The van der Waals surface area contributed by atoms with E-state index in [2.05, 4.69) is 20.2 Å². The van der Waals surface area contributed by atoms with Crippen LogP contribution in [0.5, 0.6) is 5.75 Å². The van der Waals surface area contributed by atoms with Crippen molar-refractivity contribution >= 4 is 17.2 Å². The Morgan fingerprint density at radius 1 is 1.18 bits per heavy atom. The highest BCUT2D eigenvalue weighted by Gasteiger charge is 2.36. The number of aromatic nitrogens is 3. The summed E-state index contributed by atoms with van der Waals surface area (Å²) >= 11 is 0. The number of rotatable bonds is 8. The zero-order valence-electron chi connectivity index (χ0n) is 22.3. The van der Waals surface area contributed by atoms with Crippen LogP contribution in [0.1, 0.15) is 31.5 Å². The van der Waals surface area contributed by atoms with Gasteiger partial charge >= 0.3 is 6.18 Å². The number of pyridine rings is 1. The zero-order valence-corrected chi connectivity index (χ0v) is 22.3. The van der Waals surface area contributed by atoms with Gasteiger partial charge in [0.25, 0.3) is 5.56 Å². The Bertz CT molecular complexity index is 1360. The topological polar surface area (TPSA) is 75.5 Å². The standard InChI is InChI=1S/C27H33F3N6O2/c1-6-36-25(21-9-8-19(34(4)5)14-22(21)27(28,29)30)32-17(3)24(26(36)37)33-18-11-13-35(16-18)23-15-20(38-7-2)10-12-31-23/h8-10,12,14-15,18,33H,6-7,11,13,16H2,1-5H3. The van der Waals surface area contributed by atoms with Gasteiger partial charge < -0.3 is 19.9 Å². The van der Waals surface area contributed by atoms with E-state index in [0.717, 1.165) is 30.6 Å². The van der Waals surface area contributed by atoms with Crippen molar-refractivity contribution in [1.29, 1.82) is 0 Å². The van der Waals surface area contributed by atoms with Crippen molar-refractivity contribution in [3.8, 4) is 17.1 Å². The molecule has 3 heterocycles. The summed E-state index contributed by atoms with van der Waals surface area (Å²) in [5, 5.41) is 3.31. The van der Waals surface area contributed by atoms with Crippen LogP contribution >= 0.6 is 0 Å². The van der Waals surface area contributed by atoms with E-state index in [1.54, 1.807) is 51.2 Å². The van der Waals surface area contributed by atoms with Crippen LogP contribution in [-0.4, -0.2) is 54.4 Å². The van der Waals surface area contributed by atoms with E-state index in [4.69, 9.17) is 4.74 Å². The van der Waals surface area contributed by atoms with Crippen LogP contribution < -0.4 is 25.4 Å². The second kappa shape index (κ2) is 10.9. The van der Waals surface area contributed by atoms with Gasteiger partial charge in [0.05, 0.1) is 17.9 Å². The Morgan fingerprint density at radius 2 is 1.95 bits per heavy atom. The van der Waals surface area contributed by atoms with Gasteiger partial charge in [0, 0.05) is 63.3 Å². The predicted molar refractivity (Wildman–Crippen MR) is 143 cm³/mol. The molecule has 1 saturated heterocycles. The molecule has 38 heavy (non-hydrogen) atoms. The summed E-state index contributed by atoms with van der Waals surface area (Å²) in [5.41, 5.74) is -0.273. The second-order valence-electron chi connectivity index (χ2n) is 9.43. The van der Waals surface area contributed by atoms with Gasteiger partial charge in [-0.2, -0.15) is 13.2 Å². The Labute approximate surface area is 220 Å². The molecule has 1 atom stereocenters. The van der Waals surface area contributed by atoms with Crippen LogP contribution in [0, 0.1) is 6.92 Å². The highest BCUT2D eigenvalue weighted by atomic mass is 19.4. The maximum absolute atomic E-state index is 14.0. The molecule has 0 amide bonds. The second-order valence-corrected chi connectivity index (χ2v) is 9.43. The van der Waals surface area contributed by atoms with Crippen LogP contribution in [-0.2, 0) is 12.7 Å². The average Bonchev–Trinajstić information content (AvgIpc) is 3.34. The molecule has 3 aromatic rings. The van der Waals surface area contributed by atoms with Gasteiger partial charge in [-0.05, 0) is 51.5 Å². The normalized spacial score (nSPS) is 15.6. The fraction of sp³-hybridized carbons (Fsp3) is 0.444. The molecule has 8 nitrogen and oxygen atoms in total. The first kappa shape index (κ1) is 27.3. The third kappa shape index (κ3) is 5.56. The lowest BCUT2D eigenvalue weighted by Crippen LogP contribution is -2.33. The minimum Gasteiger partial charge on any atom is -0.494 e. The number of alkyl halides is 3. The molecular weight excluding hydrogens is 497 g/mol. The van der Waals surface area contributed by atoms with Crippen molar-refractivity contribution in [2.75, 3.05) is 48.9 Å². The van der Waals surface area contributed by atoms with Crippen LogP contribution in [0.2, 0.25) is 0 Å². The number of nitrogens with one attached hydrogen (secondary N) is 1. The number of aryl methyl sites for hydroxylation is 1. The van der Waals surface area contributed by atoms with E-state index >= 15 is 0 Å². The summed E-state index contributed by atoms with van der Waals surface area (Å²) in [6, 6.07) is 7.71. The van der Waals surface area contributed by atoms with E-state index in [1.807, 2.05) is 13.0 Å². The number of ether oxygens (including phenoxy) is 1. The molecule has 1 fully saturated rings. The van der Waals surface area contributed by atoms with Gasteiger partial charge in [-0.3, -0.25) is 9.36 Å². The Morgan fingerprint density at radius 3 is 2.61 bits per heavy atom. The van der Waals surface area contributed by atoms with E-state index in [9.17, 15) is 18.0 Å². The molecule has 1 aliphatic heterocycles. The molecule has 0 saturated carbocycles. The minimum atomic E-state index is -4.61. The van der Waals surface area contributed by atoms with Crippen LogP contribution in [0.25, 0.3) is 11.4 Å². The Kier molecular flexibility index (Phi) is 7.84. The van der Waals surface area contributed by atoms with Crippen molar-refractivity contribution in [1.82, 2.24) is 14.5 Å². The molecule has 0 aliphatic carbocycles. The summed E-state index contributed by atoms with van der Waals surface area (Å²) in [6.07, 6.45) is -2.14. The summed E-state index contributed by atoms with van der Waals surface area (Å²) in [5.74, 6) is 1.53. The van der Waals surface area contributed by atoms with Gasteiger partial charge in [-0.25, -0.2) is 9.97 Å². The summed E-state index contributed by atoms with van der Waals surface area (Å²) in [6.45, 7) is 7.37. The molecule has 0 radical (unpaired) electrons. The lowest BCUT2D eigenvalue weighted by molar-refractivity contribution is -0.137. The van der Waals surface area contributed by atoms with E-state index in [-0.39, 0.29) is 24.0 Å². The molecule has 2 aromatic heterocycles. The Hall–Kier alpha value is -3.76. The molecule has 1 aliphatic rings. The summed E-state index contributed by atoms with van der Waals surface area (Å²) < 4.78 is 49.0. The van der Waals surface area contributed by atoms with Gasteiger partial charge in [-0.1, -0.05) is 0 Å². The first-order valence-electron chi connectivity index (χ1n) is 12.6. The lowest BCUT2D eigenvalue weighted by Gasteiger charge is -2.22. The minimum absolute atomic E-state index is 0.00293. The number of anilines is 3. The third-order valence-electron chi connectivity index (χ3n) is 6.62. The molecule has 1 N–H and O–H groups in total. The molecule has 1 unspecified atom stereocenters. The summed E-state index contributed by atoms with van der Waals surface area (Å²) in [7, 11) is 3.35.